The van der Waals surface area contributed by atoms with Gasteiger partial charge in [0, 0.05) is 50.1 Å². The zero-order valence-electron chi connectivity index (χ0n) is 39.5. The second kappa shape index (κ2) is 21.4. The van der Waals surface area contributed by atoms with Crippen LogP contribution < -0.4 is 4.72 Å². The minimum Gasteiger partial charge on any atom is -0.415 e. The molecule has 65 heavy (non-hydrogen) atoms. The zero-order valence-corrected chi connectivity index (χ0v) is 41.3. The van der Waals surface area contributed by atoms with Crippen LogP contribution in [-0.2, 0) is 38.7 Å². The van der Waals surface area contributed by atoms with E-state index in [2.05, 4.69) is 58.5 Å². The van der Waals surface area contributed by atoms with Crippen LogP contribution in [0, 0.1) is 0 Å². The molecule has 0 radical (unpaired) electrons. The third-order valence-electron chi connectivity index (χ3n) is 12.7. The SMILES string of the molecule is CCCCN(CCCC)C(=O)c1cn(CCOCCC)c(-c2ccc(C(=O)NS(=O)(=O)c3ccc4ccccc4c3)cc2C(=O)N2Cc3ccccc3C[C@H]2CO[Si](C)(C)C(C)(C)C)n1. The molecule has 0 saturated heterocycles. The number of ether oxygens (including phenoxy) is 1. The molecule has 0 saturated carbocycles. The highest BCUT2D eigenvalue weighted by Crippen LogP contribution is 2.38. The number of nitrogens with one attached hydrogen (secondary N) is 1. The van der Waals surface area contributed by atoms with Gasteiger partial charge in [-0.1, -0.05) is 109 Å². The van der Waals surface area contributed by atoms with Gasteiger partial charge in [-0.2, -0.15) is 0 Å². The predicted molar refractivity (Wildman–Crippen MR) is 260 cm³/mol. The Labute approximate surface area is 386 Å². The Kier molecular flexibility index (Phi) is 16.3. The first-order chi connectivity index (χ1) is 31.0. The normalized spacial score (nSPS) is 14.3. The van der Waals surface area contributed by atoms with E-state index in [4.69, 9.17) is 14.1 Å². The van der Waals surface area contributed by atoms with E-state index in [-0.39, 0.29) is 44.6 Å². The minimum absolute atomic E-state index is 0.0288. The third-order valence-corrected chi connectivity index (χ3v) is 18.6. The van der Waals surface area contributed by atoms with Crippen LogP contribution in [-0.4, -0.2) is 92.8 Å². The molecule has 1 aromatic heterocycles. The summed E-state index contributed by atoms with van der Waals surface area (Å²) >= 11 is 0. The summed E-state index contributed by atoms with van der Waals surface area (Å²) < 4.78 is 44.3. The quantitative estimate of drug-likeness (QED) is 0.0601. The highest BCUT2D eigenvalue weighted by atomic mass is 32.2. The van der Waals surface area contributed by atoms with Crippen molar-refractivity contribution in [2.75, 3.05) is 32.9 Å². The van der Waals surface area contributed by atoms with Crippen LogP contribution in [0.4, 0.5) is 0 Å². The lowest BCUT2D eigenvalue weighted by Gasteiger charge is -2.41. The minimum atomic E-state index is -4.32. The fourth-order valence-corrected chi connectivity index (χ4v) is 9.82. The summed E-state index contributed by atoms with van der Waals surface area (Å²) in [7, 11) is -6.57. The number of sulfonamides is 1. The fourth-order valence-electron chi connectivity index (χ4n) is 7.77. The molecule has 348 valence electrons. The van der Waals surface area contributed by atoms with Gasteiger partial charge in [-0.25, -0.2) is 18.1 Å². The Morgan fingerprint density at radius 1 is 0.846 bits per heavy atom. The van der Waals surface area contributed by atoms with Crippen molar-refractivity contribution >= 4 is 46.8 Å². The number of nitrogens with zero attached hydrogens (tertiary/aromatic N) is 4. The maximum Gasteiger partial charge on any atom is 0.274 e. The summed E-state index contributed by atoms with van der Waals surface area (Å²) in [4.78, 5) is 52.5. The van der Waals surface area contributed by atoms with Gasteiger partial charge in [0.2, 0.25) is 0 Å². The van der Waals surface area contributed by atoms with Crippen LogP contribution >= 0.6 is 0 Å². The predicted octanol–water partition coefficient (Wildman–Crippen LogP) is 9.88. The number of hydrogen-bond donors (Lipinski definition) is 1. The van der Waals surface area contributed by atoms with Crippen LogP contribution in [0.2, 0.25) is 18.1 Å². The van der Waals surface area contributed by atoms with Gasteiger partial charge in [0.15, 0.2) is 8.32 Å². The average molecular weight is 922 g/mol. The third kappa shape index (κ3) is 11.8. The maximum absolute atomic E-state index is 15.5. The van der Waals surface area contributed by atoms with Gasteiger partial charge in [0.1, 0.15) is 11.5 Å². The van der Waals surface area contributed by atoms with Crippen LogP contribution in [0.15, 0.2) is 96.0 Å². The Morgan fingerprint density at radius 2 is 1.52 bits per heavy atom. The molecule has 1 atom stereocenters. The molecule has 2 heterocycles. The highest BCUT2D eigenvalue weighted by molar-refractivity contribution is 7.90. The van der Waals surface area contributed by atoms with Crippen LogP contribution in [0.25, 0.3) is 22.2 Å². The second-order valence-electron chi connectivity index (χ2n) is 18.6. The van der Waals surface area contributed by atoms with Crippen LogP contribution in [0.5, 0.6) is 0 Å². The summed E-state index contributed by atoms with van der Waals surface area (Å²) in [6, 6.07) is 24.4. The molecule has 3 amide bonds. The van der Waals surface area contributed by atoms with Crippen molar-refractivity contribution in [3.63, 3.8) is 0 Å². The van der Waals surface area contributed by atoms with Crippen molar-refractivity contribution < 1.29 is 32.0 Å². The number of hydrogen-bond acceptors (Lipinski definition) is 8. The summed E-state index contributed by atoms with van der Waals surface area (Å²) in [6.45, 7) is 20.2. The van der Waals surface area contributed by atoms with Crippen molar-refractivity contribution in [3.05, 3.63) is 119 Å². The molecule has 0 spiro atoms. The number of fused-ring (bicyclic) bond motifs is 2. The lowest BCUT2D eigenvalue weighted by Crippen LogP contribution is -2.50. The van der Waals surface area contributed by atoms with Crippen LogP contribution in [0.3, 0.4) is 0 Å². The monoisotopic (exact) mass is 921 g/mol. The van der Waals surface area contributed by atoms with Crippen LogP contribution in [0.1, 0.15) is 116 Å². The van der Waals surface area contributed by atoms with Crippen molar-refractivity contribution in [2.24, 2.45) is 0 Å². The Hall–Kier alpha value is -5.15. The molecule has 0 fully saturated rings. The maximum atomic E-state index is 15.5. The molecule has 0 bridgehead atoms. The van der Waals surface area contributed by atoms with Crippen molar-refractivity contribution in [2.45, 2.75) is 122 Å². The number of imidazole rings is 1. The van der Waals surface area contributed by atoms with Crippen molar-refractivity contribution in [3.8, 4) is 11.4 Å². The van der Waals surface area contributed by atoms with E-state index in [0.717, 1.165) is 48.6 Å². The van der Waals surface area contributed by atoms with Gasteiger partial charge in [-0.05, 0) is 96.0 Å². The van der Waals surface area contributed by atoms with E-state index in [0.29, 0.717) is 69.2 Å². The van der Waals surface area contributed by atoms with Gasteiger partial charge in [-0.3, -0.25) is 14.4 Å². The Morgan fingerprint density at radius 3 is 2.20 bits per heavy atom. The second-order valence-corrected chi connectivity index (χ2v) is 25.1. The number of unbranched alkanes of at least 4 members (excludes halogenated alkanes) is 2. The Balaban J connectivity index is 1.47. The molecule has 0 aliphatic carbocycles. The zero-order chi connectivity index (χ0) is 46.9. The molecule has 5 aromatic rings. The van der Waals surface area contributed by atoms with Crippen molar-refractivity contribution in [1.29, 1.82) is 0 Å². The molecule has 1 aliphatic heterocycles. The highest BCUT2D eigenvalue weighted by Gasteiger charge is 2.40. The number of rotatable bonds is 20. The number of carbonyl (C=O) groups is 3. The molecular formula is C51H67N5O7SSi. The van der Waals surface area contributed by atoms with E-state index < -0.39 is 24.2 Å². The fraction of sp³-hybridized carbons (Fsp3) is 0.451. The summed E-state index contributed by atoms with van der Waals surface area (Å²) in [5, 5.41) is 1.51. The standard InChI is InChI=1S/C51H67N5O7SSi/c1-9-12-26-54(27-13-10-2)50(59)46-35-55(28-30-62-29-11-3)47(52-46)44-25-23-40(48(57)53-64(60,61)43-24-22-37-18-14-15-20-39(37)32-43)33-45(44)49(58)56-34-41-21-17-16-19-38(41)31-42(56)36-63-65(7,8)51(4,5)6/h14-25,32-33,35,42H,9-13,26-31,34,36H2,1-8H3,(H,53,57)/t42-/m0/s1. The molecule has 1 N–H and O–H groups in total. The molecular weight excluding hydrogens is 855 g/mol. The molecule has 0 unspecified atom stereocenters. The molecule has 1 aliphatic rings. The topological polar surface area (TPSA) is 140 Å². The van der Waals surface area contributed by atoms with Gasteiger partial charge in [0.05, 0.1) is 29.7 Å². The van der Waals surface area contributed by atoms with Gasteiger partial charge in [0.25, 0.3) is 27.7 Å². The summed E-state index contributed by atoms with van der Waals surface area (Å²) in [5.41, 5.74) is 2.90. The Bertz CT molecular complexity index is 2580. The lowest BCUT2D eigenvalue weighted by atomic mass is 9.92. The van der Waals surface area contributed by atoms with E-state index >= 15 is 4.79 Å². The first-order valence-electron chi connectivity index (χ1n) is 23.1. The van der Waals surface area contributed by atoms with Gasteiger partial charge in [-0.15, -0.1) is 0 Å². The molecule has 12 nitrogen and oxygen atoms in total. The summed E-state index contributed by atoms with van der Waals surface area (Å²) in [6.07, 6.45) is 6.70. The van der Waals surface area contributed by atoms with E-state index in [1.54, 1.807) is 18.3 Å². The molecule has 14 heteroatoms. The first-order valence-corrected chi connectivity index (χ1v) is 27.5. The molecule has 4 aromatic carbocycles. The smallest absolute Gasteiger partial charge is 0.274 e. The largest absolute Gasteiger partial charge is 0.415 e. The lowest BCUT2D eigenvalue weighted by molar-refractivity contribution is 0.0555. The summed E-state index contributed by atoms with van der Waals surface area (Å²) in [5.74, 6) is -1.10. The number of carbonyl (C=O) groups excluding carboxylic acids is 3. The molecule has 6 rings (SSSR count). The first kappa shape index (κ1) is 49.3. The van der Waals surface area contributed by atoms with E-state index in [9.17, 15) is 18.0 Å². The number of aromatic nitrogens is 2. The average Bonchev–Trinajstić information content (AvgIpc) is 3.72. The van der Waals surface area contributed by atoms with Gasteiger partial charge >= 0.3 is 0 Å². The van der Waals surface area contributed by atoms with Gasteiger partial charge < -0.3 is 23.5 Å². The number of amides is 3. The van der Waals surface area contributed by atoms with E-state index in [1.807, 2.05) is 63.8 Å². The number of benzene rings is 4. The van der Waals surface area contributed by atoms with Crippen molar-refractivity contribution in [1.82, 2.24) is 24.1 Å². The van der Waals surface area contributed by atoms with E-state index in [1.165, 1.54) is 24.3 Å².